The third-order valence-electron chi connectivity index (χ3n) is 4.86. The summed E-state index contributed by atoms with van der Waals surface area (Å²) in [4.78, 5) is 44.5. The fourth-order valence-electron chi connectivity index (χ4n) is 3.30. The van der Waals surface area contributed by atoms with E-state index in [1.807, 2.05) is 6.92 Å². The number of aliphatic imine (C=N–C) groups is 1. The van der Waals surface area contributed by atoms with E-state index in [9.17, 15) is 9.59 Å². The molecule has 0 aliphatic carbocycles. The van der Waals surface area contributed by atoms with Gasteiger partial charge in [-0.1, -0.05) is 17.7 Å². The first-order chi connectivity index (χ1) is 15.9. The summed E-state index contributed by atoms with van der Waals surface area (Å²) < 4.78 is 1.28. The molecule has 1 unspecified atom stereocenters. The van der Waals surface area contributed by atoms with Gasteiger partial charge in [-0.15, -0.1) is 0 Å². The molecule has 0 amide bonds. The Bertz CT molecular complexity index is 1440. The standard InChI is InChI=1S/C21H20ClN9O2/c1-11(28-19-17(23-2)18(24-3)26-10-27-19)20-29-14-6-4-5-13(22)16(14)21(33)31(20)30-12-7-8-15(32)25-9-12/h4-11,30H,2H2,1,3H3,(H,25,32)(H2,24,26,27,28). The molecule has 1 atom stereocenters. The zero-order valence-corrected chi connectivity index (χ0v) is 18.5. The molecule has 3 heterocycles. The van der Waals surface area contributed by atoms with Gasteiger partial charge in [-0.2, -0.15) is 0 Å². The van der Waals surface area contributed by atoms with Crippen LogP contribution in [0.1, 0.15) is 18.8 Å². The van der Waals surface area contributed by atoms with E-state index in [-0.39, 0.29) is 16.0 Å². The second kappa shape index (κ2) is 9.09. The molecule has 0 aliphatic rings. The smallest absolute Gasteiger partial charge is 0.281 e. The molecule has 4 rings (SSSR count). The number of nitrogens with zero attached hydrogens (tertiary/aromatic N) is 5. The summed E-state index contributed by atoms with van der Waals surface area (Å²) in [6.45, 7) is 5.41. The number of H-pyrrole nitrogens is 1. The van der Waals surface area contributed by atoms with Gasteiger partial charge in [0.25, 0.3) is 5.56 Å². The normalized spacial score (nSPS) is 11.7. The van der Waals surface area contributed by atoms with Crippen LogP contribution in [0.15, 0.2) is 57.4 Å². The van der Waals surface area contributed by atoms with E-state index in [4.69, 9.17) is 11.6 Å². The lowest BCUT2D eigenvalue weighted by Crippen LogP contribution is -2.33. The molecule has 0 aliphatic heterocycles. The Kier molecular flexibility index (Phi) is 6.05. The van der Waals surface area contributed by atoms with Crippen molar-refractivity contribution in [3.63, 3.8) is 0 Å². The zero-order chi connectivity index (χ0) is 23.5. The summed E-state index contributed by atoms with van der Waals surface area (Å²) in [7, 11) is 1.71. The average molecular weight is 466 g/mol. The maximum Gasteiger partial charge on any atom is 0.281 e. The second-order valence-electron chi connectivity index (χ2n) is 6.99. The van der Waals surface area contributed by atoms with Crippen molar-refractivity contribution in [1.29, 1.82) is 0 Å². The van der Waals surface area contributed by atoms with Crippen LogP contribution >= 0.6 is 11.6 Å². The number of aromatic nitrogens is 5. The number of hydrogen-bond acceptors (Lipinski definition) is 9. The molecular formula is C21H20ClN9O2. The Morgan fingerprint density at radius 2 is 1.97 bits per heavy atom. The van der Waals surface area contributed by atoms with Crippen LogP contribution in [0.3, 0.4) is 0 Å². The van der Waals surface area contributed by atoms with Crippen molar-refractivity contribution in [3.05, 3.63) is 74.4 Å². The van der Waals surface area contributed by atoms with E-state index < -0.39 is 11.6 Å². The van der Waals surface area contributed by atoms with Crippen LogP contribution in [0, 0.1) is 0 Å². The maximum absolute atomic E-state index is 13.4. The van der Waals surface area contributed by atoms with Gasteiger partial charge in [0.1, 0.15) is 12.0 Å². The Morgan fingerprint density at radius 1 is 1.18 bits per heavy atom. The zero-order valence-electron chi connectivity index (χ0n) is 17.8. The molecule has 0 fully saturated rings. The number of benzene rings is 1. The lowest BCUT2D eigenvalue weighted by molar-refractivity contribution is 0.700. The topological polar surface area (TPSA) is 142 Å². The molecule has 1 aromatic carbocycles. The van der Waals surface area contributed by atoms with Crippen molar-refractivity contribution in [1.82, 2.24) is 24.6 Å². The molecule has 3 aromatic heterocycles. The molecule has 11 nitrogen and oxygen atoms in total. The molecule has 4 aromatic rings. The number of nitrogens with one attached hydrogen (secondary N) is 4. The number of fused-ring (bicyclic) bond motifs is 1. The highest BCUT2D eigenvalue weighted by Crippen LogP contribution is 2.31. The van der Waals surface area contributed by atoms with Crippen LogP contribution in [0.4, 0.5) is 23.0 Å². The Labute approximate surface area is 192 Å². The van der Waals surface area contributed by atoms with E-state index in [1.165, 1.54) is 23.3 Å². The first-order valence-electron chi connectivity index (χ1n) is 9.86. The molecule has 12 heteroatoms. The number of halogens is 1. The third kappa shape index (κ3) is 4.26. The van der Waals surface area contributed by atoms with Crippen molar-refractivity contribution in [2.75, 3.05) is 23.1 Å². The Hall–Kier alpha value is -4.25. The number of pyridine rings is 1. The molecule has 0 radical (unpaired) electrons. The van der Waals surface area contributed by atoms with Crippen molar-refractivity contribution in [3.8, 4) is 0 Å². The third-order valence-corrected chi connectivity index (χ3v) is 5.17. The average Bonchev–Trinajstić information content (AvgIpc) is 2.81. The van der Waals surface area contributed by atoms with Gasteiger partial charge in [0.15, 0.2) is 17.5 Å². The predicted molar refractivity (Wildman–Crippen MR) is 130 cm³/mol. The fourth-order valence-corrected chi connectivity index (χ4v) is 3.55. The van der Waals surface area contributed by atoms with Crippen molar-refractivity contribution in [2.24, 2.45) is 4.99 Å². The number of aromatic amines is 1. The number of hydrogen-bond donors (Lipinski definition) is 4. The van der Waals surface area contributed by atoms with Crippen molar-refractivity contribution < 1.29 is 0 Å². The summed E-state index contributed by atoms with van der Waals surface area (Å²) in [6, 6.07) is 7.44. The second-order valence-corrected chi connectivity index (χ2v) is 7.40. The van der Waals surface area contributed by atoms with Gasteiger partial charge in [-0.05, 0) is 31.8 Å². The quantitative estimate of drug-likeness (QED) is 0.305. The fraction of sp³-hybridized carbons (Fsp3) is 0.143. The molecule has 0 bridgehead atoms. The summed E-state index contributed by atoms with van der Waals surface area (Å²) in [5.41, 5.74) is 3.68. The molecule has 4 N–H and O–H groups in total. The van der Waals surface area contributed by atoms with Gasteiger partial charge in [0, 0.05) is 19.3 Å². The molecule has 0 saturated heterocycles. The molecule has 168 valence electrons. The highest BCUT2D eigenvalue weighted by Gasteiger charge is 2.20. The van der Waals surface area contributed by atoms with Crippen LogP contribution < -0.4 is 27.2 Å². The van der Waals surface area contributed by atoms with Gasteiger partial charge < -0.3 is 15.6 Å². The SMILES string of the molecule is C=Nc1c(NC)ncnc1NC(C)c1nc2cccc(Cl)c2c(=O)n1Nc1ccc(=O)[nH]c1. The van der Waals surface area contributed by atoms with Crippen LogP contribution in [0.25, 0.3) is 10.9 Å². The van der Waals surface area contributed by atoms with E-state index >= 15 is 0 Å². The van der Waals surface area contributed by atoms with Crippen LogP contribution in [0.2, 0.25) is 5.02 Å². The molecule has 33 heavy (non-hydrogen) atoms. The van der Waals surface area contributed by atoms with E-state index in [0.29, 0.717) is 34.4 Å². The first-order valence-corrected chi connectivity index (χ1v) is 10.2. The summed E-state index contributed by atoms with van der Waals surface area (Å²) in [5.74, 6) is 1.25. The van der Waals surface area contributed by atoms with Crippen LogP contribution in [0.5, 0.6) is 0 Å². The van der Waals surface area contributed by atoms with Gasteiger partial charge in [-0.25, -0.2) is 19.6 Å². The summed E-state index contributed by atoms with van der Waals surface area (Å²) in [5, 5.41) is 6.70. The van der Waals surface area contributed by atoms with E-state index in [0.717, 1.165) is 0 Å². The minimum atomic E-state index is -0.517. The van der Waals surface area contributed by atoms with Crippen LogP contribution in [-0.2, 0) is 0 Å². The van der Waals surface area contributed by atoms with Crippen molar-refractivity contribution >= 4 is 52.2 Å². The van der Waals surface area contributed by atoms with Gasteiger partial charge in [0.2, 0.25) is 5.56 Å². The monoisotopic (exact) mass is 465 g/mol. The number of anilines is 3. The highest BCUT2D eigenvalue weighted by molar-refractivity contribution is 6.35. The Morgan fingerprint density at radius 3 is 2.67 bits per heavy atom. The van der Waals surface area contributed by atoms with E-state index in [2.05, 4.69) is 47.7 Å². The van der Waals surface area contributed by atoms with Crippen LogP contribution in [-0.4, -0.2) is 38.4 Å². The molecule has 0 spiro atoms. The lowest BCUT2D eigenvalue weighted by atomic mass is 10.2. The molecule has 0 saturated carbocycles. The van der Waals surface area contributed by atoms with Gasteiger partial charge in [-0.3, -0.25) is 20.0 Å². The largest absolute Gasteiger partial charge is 0.371 e. The lowest BCUT2D eigenvalue weighted by Gasteiger charge is -2.21. The first kappa shape index (κ1) is 22.0. The minimum Gasteiger partial charge on any atom is -0.371 e. The summed E-state index contributed by atoms with van der Waals surface area (Å²) >= 11 is 6.31. The Balaban J connectivity index is 1.85. The predicted octanol–water partition coefficient (Wildman–Crippen LogP) is 2.95. The summed E-state index contributed by atoms with van der Waals surface area (Å²) in [6.07, 6.45) is 2.84. The van der Waals surface area contributed by atoms with E-state index in [1.54, 1.807) is 31.3 Å². The number of rotatable bonds is 7. The van der Waals surface area contributed by atoms with Gasteiger partial charge >= 0.3 is 0 Å². The highest BCUT2D eigenvalue weighted by atomic mass is 35.5. The minimum absolute atomic E-state index is 0.264. The maximum atomic E-state index is 13.4. The van der Waals surface area contributed by atoms with Crippen molar-refractivity contribution in [2.45, 2.75) is 13.0 Å². The molecular weight excluding hydrogens is 446 g/mol. The van der Waals surface area contributed by atoms with Gasteiger partial charge in [0.05, 0.1) is 27.7 Å².